The summed E-state index contributed by atoms with van der Waals surface area (Å²) in [6.07, 6.45) is 0.817. The monoisotopic (exact) mass is 451 g/mol. The Morgan fingerprint density at radius 2 is 1.88 bits per heavy atom. The van der Waals surface area contributed by atoms with Gasteiger partial charge in [0.2, 0.25) is 0 Å². The number of nitrogens with one attached hydrogen (secondary N) is 2. The van der Waals surface area contributed by atoms with Gasteiger partial charge in [-0.05, 0) is 43.7 Å². The quantitative estimate of drug-likeness (QED) is 0.433. The van der Waals surface area contributed by atoms with Crippen LogP contribution in [0.15, 0.2) is 42.5 Å². The first-order valence-electron chi connectivity index (χ1n) is 10.7. The normalized spacial score (nSPS) is 11.6. The highest BCUT2D eigenvalue weighted by atomic mass is 16.5. The van der Waals surface area contributed by atoms with Crippen molar-refractivity contribution in [2.75, 3.05) is 19.0 Å². The van der Waals surface area contributed by atoms with Crippen LogP contribution in [-0.2, 0) is 24.7 Å². The van der Waals surface area contributed by atoms with Crippen LogP contribution >= 0.6 is 0 Å². The van der Waals surface area contributed by atoms with Crippen LogP contribution in [0.4, 0.5) is 5.82 Å². The van der Waals surface area contributed by atoms with Gasteiger partial charge < -0.3 is 20.5 Å². The second kappa shape index (κ2) is 10.6. The van der Waals surface area contributed by atoms with Gasteiger partial charge in [0.05, 0.1) is 17.9 Å². The summed E-state index contributed by atoms with van der Waals surface area (Å²) in [5.41, 5.74) is 3.35. The topological polar surface area (TPSA) is 118 Å². The minimum Gasteiger partial charge on any atom is -0.493 e. The Bertz CT molecular complexity index is 1120. The van der Waals surface area contributed by atoms with Crippen molar-refractivity contribution in [3.05, 3.63) is 70.7 Å². The highest BCUT2D eigenvalue weighted by Crippen LogP contribution is 2.16. The highest BCUT2D eigenvalue weighted by molar-refractivity contribution is 5.98. The lowest BCUT2D eigenvalue weighted by molar-refractivity contribution is -0.139. The number of amides is 1. The molecule has 2 aromatic heterocycles. The zero-order valence-electron chi connectivity index (χ0n) is 19.3. The largest absolute Gasteiger partial charge is 0.493 e. The summed E-state index contributed by atoms with van der Waals surface area (Å²) >= 11 is 0. The number of hydrogen-bond donors (Lipinski definition) is 3. The number of carbonyl (C=O) groups excluding carboxylic acids is 1. The van der Waals surface area contributed by atoms with Crippen molar-refractivity contribution in [1.82, 2.24) is 20.1 Å². The van der Waals surface area contributed by atoms with Gasteiger partial charge in [-0.15, -0.1) is 0 Å². The number of carboxylic acids is 1. The van der Waals surface area contributed by atoms with E-state index in [2.05, 4.69) is 20.7 Å². The van der Waals surface area contributed by atoms with Crippen molar-refractivity contribution in [2.45, 2.75) is 32.7 Å². The van der Waals surface area contributed by atoms with Crippen molar-refractivity contribution in [1.29, 1.82) is 0 Å². The van der Waals surface area contributed by atoms with E-state index in [0.717, 1.165) is 17.1 Å². The van der Waals surface area contributed by atoms with Crippen LogP contribution in [0.3, 0.4) is 0 Å². The van der Waals surface area contributed by atoms with Crippen LogP contribution in [0, 0.1) is 13.8 Å². The fraction of sp³-hybridized carbons (Fsp3) is 0.333. The first-order chi connectivity index (χ1) is 15.8. The molecule has 9 heteroatoms. The molecule has 0 spiro atoms. The third-order valence-electron chi connectivity index (χ3n) is 5.39. The van der Waals surface area contributed by atoms with Crippen LogP contribution in [-0.4, -0.2) is 51.4 Å². The first kappa shape index (κ1) is 23.8. The number of benzene rings is 1. The molecule has 174 valence electrons. The lowest BCUT2D eigenvalue weighted by Crippen LogP contribution is -2.42. The number of rotatable bonds is 10. The number of carboxylic acid groups (broad SMARTS) is 1. The Balaban J connectivity index is 1.57. The number of aryl methyl sites for hydroxylation is 2. The number of ether oxygens (including phenoxy) is 1. The molecule has 0 fully saturated rings. The number of aliphatic carboxylic acids is 1. The Hall–Kier alpha value is -3.88. The SMILES string of the molecule is CNc1cccc(CCOc2ccc(C[C@H](NC(=O)c3c(C)nn(C)c3C)C(=O)O)cc2)n1. The van der Waals surface area contributed by atoms with E-state index in [1.54, 1.807) is 49.8 Å². The molecule has 0 aliphatic rings. The van der Waals surface area contributed by atoms with Crippen molar-refractivity contribution in [3.63, 3.8) is 0 Å². The van der Waals surface area contributed by atoms with Gasteiger partial charge in [-0.2, -0.15) is 5.10 Å². The molecule has 0 aliphatic carbocycles. The maximum Gasteiger partial charge on any atom is 0.326 e. The Labute approximate surface area is 192 Å². The van der Waals surface area contributed by atoms with E-state index in [4.69, 9.17) is 4.74 Å². The Morgan fingerprint density at radius 3 is 2.48 bits per heavy atom. The summed E-state index contributed by atoms with van der Waals surface area (Å²) in [4.78, 5) is 28.9. The molecule has 0 radical (unpaired) electrons. The lowest BCUT2D eigenvalue weighted by Gasteiger charge is -2.15. The van der Waals surface area contributed by atoms with Crippen LogP contribution in [0.2, 0.25) is 0 Å². The molecular weight excluding hydrogens is 422 g/mol. The number of nitrogens with zero attached hydrogens (tertiary/aromatic N) is 3. The van der Waals surface area contributed by atoms with Gasteiger partial charge >= 0.3 is 5.97 Å². The van der Waals surface area contributed by atoms with Crippen LogP contribution in [0.1, 0.15) is 33.0 Å². The molecule has 0 saturated heterocycles. The van der Waals surface area contributed by atoms with Crippen LogP contribution in [0.5, 0.6) is 5.75 Å². The van der Waals surface area contributed by atoms with E-state index in [0.29, 0.717) is 35.7 Å². The Kier molecular flexibility index (Phi) is 7.66. The molecule has 1 amide bonds. The molecule has 1 atom stereocenters. The van der Waals surface area contributed by atoms with Crippen molar-refractivity contribution in [3.8, 4) is 5.75 Å². The lowest BCUT2D eigenvalue weighted by atomic mass is 10.0. The van der Waals surface area contributed by atoms with E-state index in [9.17, 15) is 14.7 Å². The number of hydrogen-bond acceptors (Lipinski definition) is 6. The second-order valence-electron chi connectivity index (χ2n) is 7.74. The summed E-state index contributed by atoms with van der Waals surface area (Å²) in [5.74, 6) is -0.0487. The second-order valence-corrected chi connectivity index (χ2v) is 7.74. The molecule has 0 aliphatic heterocycles. The standard InChI is InChI=1S/C24H29N5O4/c1-15-22(16(2)29(4)28-15)23(30)27-20(24(31)32)14-17-8-10-19(11-9-17)33-13-12-18-6-5-7-21(25-3)26-18/h5-11,20H,12-14H2,1-4H3,(H,25,26)(H,27,30)(H,31,32)/t20-/m0/s1. The molecule has 0 saturated carbocycles. The van der Waals surface area contributed by atoms with E-state index in [-0.39, 0.29) is 6.42 Å². The smallest absolute Gasteiger partial charge is 0.326 e. The molecule has 3 N–H and O–H groups in total. The fourth-order valence-electron chi connectivity index (χ4n) is 3.52. The third kappa shape index (κ3) is 6.09. The van der Waals surface area contributed by atoms with Gasteiger partial charge in [-0.1, -0.05) is 18.2 Å². The molecule has 2 heterocycles. The van der Waals surface area contributed by atoms with Crippen molar-refractivity contribution in [2.24, 2.45) is 7.05 Å². The molecule has 0 bridgehead atoms. The average molecular weight is 452 g/mol. The summed E-state index contributed by atoms with van der Waals surface area (Å²) in [7, 11) is 3.57. The number of carbonyl (C=O) groups is 2. The molecule has 1 aromatic carbocycles. The third-order valence-corrected chi connectivity index (χ3v) is 5.39. The average Bonchev–Trinajstić information content (AvgIpc) is 3.05. The molecule has 3 rings (SSSR count). The van der Waals surface area contributed by atoms with Crippen LogP contribution < -0.4 is 15.4 Å². The predicted octanol–water partition coefficient (Wildman–Crippen LogP) is 2.52. The van der Waals surface area contributed by atoms with Gasteiger partial charge in [0, 0.05) is 38.3 Å². The van der Waals surface area contributed by atoms with E-state index >= 15 is 0 Å². The number of aromatic nitrogens is 3. The highest BCUT2D eigenvalue weighted by Gasteiger charge is 2.24. The van der Waals surface area contributed by atoms with E-state index in [1.807, 2.05) is 25.2 Å². The van der Waals surface area contributed by atoms with E-state index in [1.165, 1.54) is 0 Å². The minimum atomic E-state index is -1.10. The minimum absolute atomic E-state index is 0.153. The molecule has 33 heavy (non-hydrogen) atoms. The van der Waals surface area contributed by atoms with Crippen molar-refractivity contribution < 1.29 is 19.4 Å². The molecule has 9 nitrogen and oxygen atoms in total. The zero-order valence-corrected chi connectivity index (χ0v) is 19.3. The van der Waals surface area contributed by atoms with Crippen LogP contribution in [0.25, 0.3) is 0 Å². The number of anilines is 1. The molecular formula is C24H29N5O4. The molecule has 3 aromatic rings. The maximum absolute atomic E-state index is 12.7. The summed E-state index contributed by atoms with van der Waals surface area (Å²) in [6.45, 7) is 3.97. The first-order valence-corrected chi connectivity index (χ1v) is 10.7. The van der Waals surface area contributed by atoms with E-state index < -0.39 is 17.9 Å². The van der Waals surface area contributed by atoms with Gasteiger partial charge in [0.1, 0.15) is 17.6 Å². The van der Waals surface area contributed by atoms with Gasteiger partial charge in [-0.25, -0.2) is 9.78 Å². The predicted molar refractivity (Wildman–Crippen MR) is 125 cm³/mol. The molecule has 0 unspecified atom stereocenters. The fourth-order valence-corrected chi connectivity index (χ4v) is 3.52. The van der Waals surface area contributed by atoms with Gasteiger partial charge in [0.15, 0.2) is 0 Å². The summed E-state index contributed by atoms with van der Waals surface area (Å²) in [6, 6.07) is 11.9. The summed E-state index contributed by atoms with van der Waals surface area (Å²) in [5, 5.41) is 19.5. The maximum atomic E-state index is 12.7. The zero-order chi connectivity index (χ0) is 24.0. The Morgan fingerprint density at radius 1 is 1.15 bits per heavy atom. The van der Waals surface area contributed by atoms with Crippen molar-refractivity contribution >= 4 is 17.7 Å². The van der Waals surface area contributed by atoms with Gasteiger partial charge in [0.25, 0.3) is 5.91 Å². The van der Waals surface area contributed by atoms with Gasteiger partial charge in [-0.3, -0.25) is 9.48 Å². The summed E-state index contributed by atoms with van der Waals surface area (Å²) < 4.78 is 7.39. The number of pyridine rings is 1.